The fourth-order valence-corrected chi connectivity index (χ4v) is 4.37. The number of thioether (sulfide) groups is 1. The highest BCUT2D eigenvalue weighted by molar-refractivity contribution is 7.99. The van der Waals surface area contributed by atoms with Gasteiger partial charge in [-0.1, -0.05) is 43.2 Å². The standard InChI is InChI=1S/C17H26N2S/c1-2-6-15(7-3-1)16-10-11-19(12-16)14-20-13-18-17-8-4-5-9-17/h1-3,6-7,16-18H,4-5,8-14H2. The Kier molecular flexibility index (Phi) is 5.40. The van der Waals surface area contributed by atoms with Crippen molar-refractivity contribution in [3.05, 3.63) is 35.9 Å². The van der Waals surface area contributed by atoms with Gasteiger partial charge in [0.15, 0.2) is 0 Å². The molecule has 3 rings (SSSR count). The van der Waals surface area contributed by atoms with Gasteiger partial charge in [-0.15, -0.1) is 11.8 Å². The number of benzene rings is 1. The molecule has 1 heterocycles. The van der Waals surface area contributed by atoms with Crippen molar-refractivity contribution in [2.24, 2.45) is 0 Å². The van der Waals surface area contributed by atoms with Gasteiger partial charge in [-0.05, 0) is 37.3 Å². The van der Waals surface area contributed by atoms with Crippen LogP contribution in [-0.2, 0) is 0 Å². The minimum Gasteiger partial charge on any atom is -0.305 e. The van der Waals surface area contributed by atoms with E-state index in [1.807, 2.05) is 11.8 Å². The number of rotatable bonds is 6. The molecule has 1 unspecified atom stereocenters. The Morgan fingerprint density at radius 1 is 1.10 bits per heavy atom. The molecule has 3 heteroatoms. The van der Waals surface area contributed by atoms with Gasteiger partial charge in [-0.3, -0.25) is 4.90 Å². The van der Waals surface area contributed by atoms with Crippen molar-refractivity contribution in [3.8, 4) is 0 Å². The summed E-state index contributed by atoms with van der Waals surface area (Å²) in [7, 11) is 0. The second-order valence-corrected chi connectivity index (χ2v) is 7.09. The van der Waals surface area contributed by atoms with E-state index >= 15 is 0 Å². The van der Waals surface area contributed by atoms with Crippen molar-refractivity contribution >= 4 is 11.8 Å². The van der Waals surface area contributed by atoms with E-state index in [-0.39, 0.29) is 0 Å². The maximum atomic E-state index is 3.68. The molecule has 1 saturated heterocycles. The summed E-state index contributed by atoms with van der Waals surface area (Å²) >= 11 is 2.05. The van der Waals surface area contributed by atoms with Crippen LogP contribution in [0, 0.1) is 0 Å². The fraction of sp³-hybridized carbons (Fsp3) is 0.647. The minimum absolute atomic E-state index is 0.750. The van der Waals surface area contributed by atoms with Crippen LogP contribution in [0.3, 0.4) is 0 Å². The first-order valence-electron chi connectivity index (χ1n) is 8.00. The van der Waals surface area contributed by atoms with Crippen LogP contribution in [-0.4, -0.2) is 35.8 Å². The topological polar surface area (TPSA) is 15.3 Å². The largest absolute Gasteiger partial charge is 0.305 e. The molecule has 1 atom stereocenters. The van der Waals surface area contributed by atoms with Gasteiger partial charge in [0.05, 0.1) is 0 Å². The molecular weight excluding hydrogens is 264 g/mol. The van der Waals surface area contributed by atoms with E-state index in [0.29, 0.717) is 0 Å². The monoisotopic (exact) mass is 290 g/mol. The molecule has 1 saturated carbocycles. The second kappa shape index (κ2) is 7.48. The van der Waals surface area contributed by atoms with Crippen LogP contribution < -0.4 is 5.32 Å². The lowest BCUT2D eigenvalue weighted by Gasteiger charge is -2.17. The maximum absolute atomic E-state index is 3.68. The van der Waals surface area contributed by atoms with Crippen molar-refractivity contribution in [2.45, 2.75) is 44.1 Å². The van der Waals surface area contributed by atoms with Crippen molar-refractivity contribution in [1.82, 2.24) is 10.2 Å². The van der Waals surface area contributed by atoms with E-state index in [0.717, 1.165) is 17.8 Å². The van der Waals surface area contributed by atoms with Gasteiger partial charge in [-0.25, -0.2) is 0 Å². The summed E-state index contributed by atoms with van der Waals surface area (Å²) in [6, 6.07) is 11.8. The van der Waals surface area contributed by atoms with Crippen LogP contribution in [0.4, 0.5) is 0 Å². The summed E-state index contributed by atoms with van der Waals surface area (Å²) in [6.07, 6.45) is 6.95. The average Bonchev–Trinajstić information content (AvgIpc) is 3.16. The SMILES string of the molecule is c1ccc(C2CCN(CSCNC3CCCC3)C2)cc1. The molecule has 0 aromatic heterocycles. The number of hydrogen-bond acceptors (Lipinski definition) is 3. The highest BCUT2D eigenvalue weighted by Gasteiger charge is 2.23. The number of nitrogens with zero attached hydrogens (tertiary/aromatic N) is 1. The first kappa shape index (κ1) is 14.4. The highest BCUT2D eigenvalue weighted by atomic mass is 32.2. The van der Waals surface area contributed by atoms with Crippen LogP contribution >= 0.6 is 11.8 Å². The molecule has 0 amide bonds. The zero-order valence-corrected chi connectivity index (χ0v) is 13.1. The molecule has 0 spiro atoms. The zero-order chi connectivity index (χ0) is 13.6. The molecule has 1 aromatic rings. The summed E-state index contributed by atoms with van der Waals surface area (Å²) in [4.78, 5) is 2.61. The van der Waals surface area contributed by atoms with Gasteiger partial charge >= 0.3 is 0 Å². The molecule has 110 valence electrons. The Balaban J connectivity index is 1.33. The molecule has 1 aromatic carbocycles. The number of hydrogen-bond donors (Lipinski definition) is 1. The number of likely N-dealkylation sites (tertiary alicyclic amines) is 1. The minimum atomic E-state index is 0.750. The lowest BCUT2D eigenvalue weighted by Crippen LogP contribution is -2.27. The predicted octanol–water partition coefficient (Wildman–Crippen LogP) is 3.66. The first-order valence-corrected chi connectivity index (χ1v) is 9.16. The van der Waals surface area contributed by atoms with E-state index < -0.39 is 0 Å². The van der Waals surface area contributed by atoms with E-state index in [1.165, 1.54) is 56.6 Å². The molecule has 2 aliphatic rings. The van der Waals surface area contributed by atoms with E-state index in [1.54, 1.807) is 0 Å². The first-order chi connectivity index (χ1) is 9.92. The highest BCUT2D eigenvalue weighted by Crippen LogP contribution is 2.27. The average molecular weight is 290 g/mol. The molecule has 20 heavy (non-hydrogen) atoms. The molecular formula is C17H26N2S. The lowest BCUT2D eigenvalue weighted by atomic mass is 9.99. The van der Waals surface area contributed by atoms with Crippen molar-refractivity contribution in [2.75, 3.05) is 24.8 Å². The molecule has 2 fully saturated rings. The van der Waals surface area contributed by atoms with Gasteiger partial charge < -0.3 is 5.32 Å². The normalized spacial score (nSPS) is 24.5. The third-order valence-corrected chi connectivity index (χ3v) is 5.56. The second-order valence-electron chi connectivity index (χ2n) is 6.14. The van der Waals surface area contributed by atoms with Gasteiger partial charge in [0.1, 0.15) is 0 Å². The molecule has 0 radical (unpaired) electrons. The molecule has 1 N–H and O–H groups in total. The third kappa shape index (κ3) is 4.00. The predicted molar refractivity (Wildman–Crippen MR) is 88.1 cm³/mol. The smallest absolute Gasteiger partial charge is 0.0457 e. The molecule has 2 nitrogen and oxygen atoms in total. The molecule has 0 bridgehead atoms. The Bertz CT molecular complexity index is 389. The van der Waals surface area contributed by atoms with Crippen molar-refractivity contribution in [3.63, 3.8) is 0 Å². The Morgan fingerprint density at radius 3 is 2.70 bits per heavy atom. The van der Waals surface area contributed by atoms with Crippen LogP contribution in [0.5, 0.6) is 0 Å². The Labute approximate surface area is 127 Å². The van der Waals surface area contributed by atoms with E-state index in [9.17, 15) is 0 Å². The van der Waals surface area contributed by atoms with Gasteiger partial charge in [0.2, 0.25) is 0 Å². The van der Waals surface area contributed by atoms with Crippen LogP contribution in [0.1, 0.15) is 43.6 Å². The Hall–Kier alpha value is -0.510. The lowest BCUT2D eigenvalue weighted by molar-refractivity contribution is 0.394. The zero-order valence-electron chi connectivity index (χ0n) is 12.3. The van der Waals surface area contributed by atoms with Gasteiger partial charge in [0, 0.05) is 24.3 Å². The maximum Gasteiger partial charge on any atom is 0.0457 e. The quantitative estimate of drug-likeness (QED) is 0.636. The summed E-state index contributed by atoms with van der Waals surface area (Å²) < 4.78 is 0. The van der Waals surface area contributed by atoms with Crippen LogP contribution in [0.2, 0.25) is 0 Å². The molecule has 1 aliphatic carbocycles. The van der Waals surface area contributed by atoms with Gasteiger partial charge in [0.25, 0.3) is 0 Å². The summed E-state index contributed by atoms with van der Waals surface area (Å²) in [6.45, 7) is 2.50. The fourth-order valence-electron chi connectivity index (χ4n) is 3.43. The summed E-state index contributed by atoms with van der Waals surface area (Å²) in [5.74, 6) is 3.06. The van der Waals surface area contributed by atoms with E-state index in [4.69, 9.17) is 0 Å². The number of nitrogens with one attached hydrogen (secondary N) is 1. The third-order valence-electron chi connectivity index (χ3n) is 4.65. The van der Waals surface area contributed by atoms with Crippen molar-refractivity contribution in [1.29, 1.82) is 0 Å². The van der Waals surface area contributed by atoms with Crippen LogP contribution in [0.25, 0.3) is 0 Å². The van der Waals surface area contributed by atoms with Crippen molar-refractivity contribution < 1.29 is 0 Å². The summed E-state index contributed by atoms with van der Waals surface area (Å²) in [5.41, 5.74) is 1.52. The Morgan fingerprint density at radius 2 is 1.90 bits per heavy atom. The van der Waals surface area contributed by atoms with E-state index in [2.05, 4.69) is 40.5 Å². The molecule has 1 aliphatic heterocycles. The van der Waals surface area contributed by atoms with Crippen LogP contribution in [0.15, 0.2) is 30.3 Å². The van der Waals surface area contributed by atoms with Gasteiger partial charge in [-0.2, -0.15) is 0 Å². The summed E-state index contributed by atoms with van der Waals surface area (Å²) in [5, 5.41) is 3.68.